The summed E-state index contributed by atoms with van der Waals surface area (Å²) in [5, 5.41) is 2.56. The van der Waals surface area contributed by atoms with E-state index in [9.17, 15) is 9.18 Å². The van der Waals surface area contributed by atoms with Crippen molar-refractivity contribution in [3.8, 4) is 0 Å². The number of aromatic nitrogens is 1. The number of hydrogen-bond donors (Lipinski definition) is 1. The van der Waals surface area contributed by atoms with Gasteiger partial charge in [-0.1, -0.05) is 18.2 Å². The number of hydrogen-bond acceptors (Lipinski definition) is 2. The van der Waals surface area contributed by atoms with Crippen molar-refractivity contribution in [3.05, 3.63) is 59.0 Å². The van der Waals surface area contributed by atoms with E-state index in [1.54, 1.807) is 31.3 Å². The number of anilines is 1. The maximum atomic E-state index is 13.7. The van der Waals surface area contributed by atoms with Crippen molar-refractivity contribution < 1.29 is 9.18 Å². The lowest BCUT2D eigenvalue weighted by Crippen LogP contribution is -2.15. The van der Waals surface area contributed by atoms with E-state index >= 15 is 0 Å². The zero-order chi connectivity index (χ0) is 13.1. The van der Waals surface area contributed by atoms with Crippen molar-refractivity contribution in [3.63, 3.8) is 0 Å². The fourth-order valence-electron chi connectivity index (χ4n) is 1.55. The van der Waals surface area contributed by atoms with E-state index in [-0.39, 0.29) is 5.56 Å². The Labute approximate surface area is 105 Å². The maximum absolute atomic E-state index is 13.7. The van der Waals surface area contributed by atoms with Crippen LogP contribution >= 0.6 is 0 Å². The van der Waals surface area contributed by atoms with E-state index in [1.165, 1.54) is 6.07 Å². The minimum atomic E-state index is -0.498. The van der Waals surface area contributed by atoms with Crippen LogP contribution in [0.15, 0.2) is 36.5 Å². The molecule has 4 heteroatoms. The van der Waals surface area contributed by atoms with Crippen LogP contribution < -0.4 is 5.32 Å². The van der Waals surface area contributed by atoms with Crippen LogP contribution in [0, 0.1) is 19.7 Å². The first-order chi connectivity index (χ1) is 8.58. The van der Waals surface area contributed by atoms with Crippen LogP contribution in [0.1, 0.15) is 21.5 Å². The van der Waals surface area contributed by atoms with Gasteiger partial charge in [0.05, 0.1) is 5.56 Å². The zero-order valence-electron chi connectivity index (χ0n) is 10.2. The molecule has 1 aromatic heterocycles. The summed E-state index contributed by atoms with van der Waals surface area (Å²) in [6.07, 6.45) is 1.64. The van der Waals surface area contributed by atoms with Crippen molar-refractivity contribution in [2.75, 3.05) is 5.32 Å². The van der Waals surface area contributed by atoms with E-state index in [1.807, 2.05) is 13.0 Å². The van der Waals surface area contributed by atoms with Crippen LogP contribution in [0.5, 0.6) is 0 Å². The van der Waals surface area contributed by atoms with E-state index in [2.05, 4.69) is 10.3 Å². The van der Waals surface area contributed by atoms with Crippen LogP contribution in [0.3, 0.4) is 0 Å². The normalized spacial score (nSPS) is 10.2. The Morgan fingerprint density at radius 1 is 1.22 bits per heavy atom. The molecule has 0 aliphatic heterocycles. The van der Waals surface area contributed by atoms with Gasteiger partial charge in [0.15, 0.2) is 0 Å². The minimum Gasteiger partial charge on any atom is -0.306 e. The summed E-state index contributed by atoms with van der Waals surface area (Å²) in [4.78, 5) is 15.9. The summed E-state index contributed by atoms with van der Waals surface area (Å²) < 4.78 is 13.7. The molecule has 0 unspecified atom stereocenters. The molecule has 3 nitrogen and oxygen atoms in total. The monoisotopic (exact) mass is 244 g/mol. The van der Waals surface area contributed by atoms with Gasteiger partial charge in [0, 0.05) is 6.20 Å². The molecule has 0 aliphatic rings. The second-order valence-corrected chi connectivity index (χ2v) is 4.11. The molecule has 1 heterocycles. The van der Waals surface area contributed by atoms with Crippen molar-refractivity contribution in [1.82, 2.24) is 4.98 Å². The predicted octanol–water partition coefficient (Wildman–Crippen LogP) is 3.09. The summed E-state index contributed by atoms with van der Waals surface area (Å²) in [5.74, 6) is -0.582. The summed E-state index contributed by atoms with van der Waals surface area (Å²) in [6, 6.07) is 8.23. The molecular weight excluding hydrogens is 231 g/mol. The Kier molecular flexibility index (Phi) is 3.37. The first kappa shape index (κ1) is 12.2. The molecule has 0 bridgehead atoms. The van der Waals surface area contributed by atoms with Gasteiger partial charge in [-0.2, -0.15) is 0 Å². The van der Waals surface area contributed by atoms with Crippen LogP contribution in [0.2, 0.25) is 0 Å². The minimum absolute atomic E-state index is 0.0253. The molecular formula is C14H13FN2O. The highest BCUT2D eigenvalue weighted by atomic mass is 19.1. The lowest BCUT2D eigenvalue weighted by atomic mass is 10.1. The van der Waals surface area contributed by atoms with Crippen LogP contribution in [0.25, 0.3) is 0 Å². The maximum Gasteiger partial charge on any atom is 0.259 e. The third-order valence-electron chi connectivity index (χ3n) is 2.59. The number of rotatable bonds is 2. The van der Waals surface area contributed by atoms with Crippen LogP contribution in [-0.2, 0) is 0 Å². The summed E-state index contributed by atoms with van der Waals surface area (Å²) in [6.45, 7) is 3.52. The van der Waals surface area contributed by atoms with Gasteiger partial charge in [-0.25, -0.2) is 9.37 Å². The average Bonchev–Trinajstić information content (AvgIpc) is 2.35. The molecule has 0 saturated carbocycles. The van der Waals surface area contributed by atoms with Crippen molar-refractivity contribution >= 4 is 11.7 Å². The van der Waals surface area contributed by atoms with Crippen LogP contribution in [-0.4, -0.2) is 10.9 Å². The fourth-order valence-corrected chi connectivity index (χ4v) is 1.55. The van der Waals surface area contributed by atoms with Crippen molar-refractivity contribution in [2.24, 2.45) is 0 Å². The number of carbonyl (C=O) groups excluding carboxylic acids is 1. The highest BCUT2D eigenvalue weighted by Crippen LogP contribution is 2.14. The van der Waals surface area contributed by atoms with Gasteiger partial charge >= 0.3 is 0 Å². The van der Waals surface area contributed by atoms with E-state index < -0.39 is 11.7 Å². The topological polar surface area (TPSA) is 42.0 Å². The number of amides is 1. The van der Waals surface area contributed by atoms with Crippen molar-refractivity contribution in [1.29, 1.82) is 0 Å². The smallest absolute Gasteiger partial charge is 0.259 e. The number of aryl methyl sites for hydroxylation is 2. The number of nitrogens with zero attached hydrogens (tertiary/aromatic N) is 1. The lowest BCUT2D eigenvalue weighted by Gasteiger charge is -2.06. The molecule has 0 atom stereocenters. The largest absolute Gasteiger partial charge is 0.306 e. The second-order valence-electron chi connectivity index (χ2n) is 4.11. The number of benzene rings is 1. The number of halogens is 1. The number of pyridine rings is 1. The fraction of sp³-hybridized carbons (Fsp3) is 0.143. The molecule has 0 radical (unpaired) electrons. The molecule has 2 rings (SSSR count). The lowest BCUT2D eigenvalue weighted by molar-refractivity contribution is 0.102. The third-order valence-corrected chi connectivity index (χ3v) is 2.59. The summed E-state index contributed by atoms with van der Waals surface area (Å²) in [5.41, 5.74) is 1.46. The molecule has 0 aliphatic carbocycles. The molecule has 1 amide bonds. The Morgan fingerprint density at radius 2 is 2.00 bits per heavy atom. The van der Waals surface area contributed by atoms with E-state index in [0.717, 1.165) is 5.56 Å². The van der Waals surface area contributed by atoms with Crippen LogP contribution in [0.4, 0.5) is 10.2 Å². The quantitative estimate of drug-likeness (QED) is 0.882. The number of nitrogens with one attached hydrogen (secondary N) is 1. The van der Waals surface area contributed by atoms with Crippen molar-refractivity contribution in [2.45, 2.75) is 13.8 Å². The van der Waals surface area contributed by atoms with Gasteiger partial charge in [-0.05, 0) is 37.1 Å². The molecule has 0 saturated heterocycles. The average molecular weight is 244 g/mol. The van der Waals surface area contributed by atoms with E-state index in [4.69, 9.17) is 0 Å². The highest BCUT2D eigenvalue weighted by molar-refractivity contribution is 6.04. The Hall–Kier alpha value is -2.23. The summed E-state index contributed by atoms with van der Waals surface area (Å²) in [7, 11) is 0. The van der Waals surface area contributed by atoms with Gasteiger partial charge in [0.2, 0.25) is 0 Å². The molecule has 0 spiro atoms. The zero-order valence-corrected chi connectivity index (χ0v) is 10.2. The molecule has 92 valence electrons. The molecule has 1 aromatic carbocycles. The van der Waals surface area contributed by atoms with Gasteiger partial charge in [-0.3, -0.25) is 4.79 Å². The second kappa shape index (κ2) is 4.96. The molecule has 1 N–H and O–H groups in total. The predicted molar refractivity (Wildman–Crippen MR) is 68.1 cm³/mol. The molecule has 2 aromatic rings. The van der Waals surface area contributed by atoms with Gasteiger partial charge < -0.3 is 5.32 Å². The highest BCUT2D eigenvalue weighted by Gasteiger charge is 2.13. The van der Waals surface area contributed by atoms with Gasteiger partial charge in [0.25, 0.3) is 5.91 Å². The Morgan fingerprint density at radius 3 is 2.67 bits per heavy atom. The van der Waals surface area contributed by atoms with E-state index in [0.29, 0.717) is 11.4 Å². The van der Waals surface area contributed by atoms with Gasteiger partial charge in [0.1, 0.15) is 11.6 Å². The SMILES string of the molecule is Cc1ccc(NC(=O)c2cccc(C)c2F)nc1. The Bertz CT molecular complexity index is 579. The molecule has 18 heavy (non-hydrogen) atoms. The first-order valence-electron chi connectivity index (χ1n) is 5.57. The Balaban J connectivity index is 2.22. The third kappa shape index (κ3) is 2.53. The number of carbonyl (C=O) groups is 1. The summed E-state index contributed by atoms with van der Waals surface area (Å²) >= 11 is 0. The standard InChI is InChI=1S/C14H13FN2O/c1-9-6-7-12(16-8-9)17-14(18)11-5-3-4-10(2)13(11)15/h3-8H,1-2H3,(H,16,17,18). The molecule has 0 fully saturated rings. The van der Waals surface area contributed by atoms with Gasteiger partial charge in [-0.15, -0.1) is 0 Å². The first-order valence-corrected chi connectivity index (χ1v) is 5.57.